The highest BCUT2D eigenvalue weighted by Gasteiger charge is 2.21. The molecule has 3 rings (SSSR count). The third-order valence-electron chi connectivity index (χ3n) is 2.45. The molecule has 0 spiro atoms. The van der Waals surface area contributed by atoms with E-state index in [0.29, 0.717) is 11.2 Å². The number of aromatic nitrogens is 4. The van der Waals surface area contributed by atoms with Crippen LogP contribution in [0.25, 0.3) is 11.2 Å². The van der Waals surface area contributed by atoms with Crippen LogP contribution in [0, 0.1) is 0 Å². The number of imidazole rings is 1. The van der Waals surface area contributed by atoms with E-state index in [1.54, 1.807) is 18.2 Å². The second-order valence-corrected chi connectivity index (χ2v) is 5.45. The minimum atomic E-state index is -3.68. The maximum absolute atomic E-state index is 12.2. The van der Waals surface area contributed by atoms with E-state index in [-0.39, 0.29) is 10.1 Å². The molecule has 90 valence electrons. The molecule has 2 aromatic heterocycles. The molecule has 0 unspecified atom stereocenters. The molecule has 3 aromatic rings. The number of sulfone groups is 1. The van der Waals surface area contributed by atoms with Gasteiger partial charge in [-0.05, 0) is 12.1 Å². The molecule has 2 heterocycles. The first-order valence-corrected chi connectivity index (χ1v) is 6.62. The van der Waals surface area contributed by atoms with Crippen LogP contribution >= 0.6 is 0 Å². The average molecular weight is 260 g/mol. The fourth-order valence-corrected chi connectivity index (χ4v) is 2.68. The van der Waals surface area contributed by atoms with Crippen molar-refractivity contribution in [2.75, 3.05) is 0 Å². The third-order valence-corrected chi connectivity index (χ3v) is 4.02. The second-order valence-electron chi connectivity index (χ2n) is 3.61. The van der Waals surface area contributed by atoms with Gasteiger partial charge in [0.1, 0.15) is 5.52 Å². The molecule has 0 aliphatic carbocycles. The highest BCUT2D eigenvalue weighted by atomic mass is 32.2. The van der Waals surface area contributed by atoms with Gasteiger partial charge < -0.3 is 4.98 Å². The van der Waals surface area contributed by atoms with Crippen LogP contribution in [0.3, 0.4) is 0 Å². The largest absolute Gasteiger partial charge is 0.342 e. The Morgan fingerprint density at radius 2 is 1.83 bits per heavy atom. The molecule has 7 heteroatoms. The summed E-state index contributed by atoms with van der Waals surface area (Å²) in [6.45, 7) is 0. The summed E-state index contributed by atoms with van der Waals surface area (Å²) in [7, 11) is -3.68. The van der Waals surface area contributed by atoms with E-state index in [2.05, 4.69) is 19.9 Å². The number of hydrogen-bond acceptors (Lipinski definition) is 5. The zero-order valence-corrected chi connectivity index (χ0v) is 9.92. The minimum Gasteiger partial charge on any atom is -0.342 e. The number of H-pyrrole nitrogens is 1. The van der Waals surface area contributed by atoms with Crippen LogP contribution in [-0.4, -0.2) is 28.4 Å². The highest BCUT2D eigenvalue weighted by Crippen LogP contribution is 2.17. The summed E-state index contributed by atoms with van der Waals surface area (Å²) in [6.07, 6.45) is 2.85. The summed E-state index contributed by atoms with van der Waals surface area (Å²) in [4.78, 5) is 14.7. The van der Waals surface area contributed by atoms with Crippen molar-refractivity contribution in [1.82, 2.24) is 19.9 Å². The minimum absolute atomic E-state index is 0.167. The summed E-state index contributed by atoms with van der Waals surface area (Å²) in [5.74, 6) is 0. The van der Waals surface area contributed by atoms with E-state index in [1.807, 2.05) is 0 Å². The van der Waals surface area contributed by atoms with Gasteiger partial charge in [-0.3, -0.25) is 0 Å². The van der Waals surface area contributed by atoms with E-state index in [9.17, 15) is 8.42 Å². The van der Waals surface area contributed by atoms with Crippen molar-refractivity contribution < 1.29 is 8.42 Å². The van der Waals surface area contributed by atoms with Gasteiger partial charge in [0, 0.05) is 0 Å². The molecule has 0 bridgehead atoms. The van der Waals surface area contributed by atoms with E-state index in [4.69, 9.17) is 0 Å². The molecule has 0 aliphatic heterocycles. The van der Waals surface area contributed by atoms with E-state index >= 15 is 0 Å². The fraction of sp³-hybridized carbons (Fsp3) is 0. The number of benzene rings is 1. The van der Waals surface area contributed by atoms with Gasteiger partial charge in [-0.2, -0.15) is 4.98 Å². The van der Waals surface area contributed by atoms with Gasteiger partial charge in [0.05, 0.1) is 17.4 Å². The molecule has 0 aliphatic rings. The van der Waals surface area contributed by atoms with Crippen LogP contribution < -0.4 is 0 Å². The first-order chi connectivity index (χ1) is 8.68. The number of nitrogens with one attached hydrogen (secondary N) is 1. The molecule has 6 nitrogen and oxygen atoms in total. The quantitative estimate of drug-likeness (QED) is 0.699. The van der Waals surface area contributed by atoms with Gasteiger partial charge in [-0.15, -0.1) is 0 Å². The highest BCUT2D eigenvalue weighted by molar-refractivity contribution is 7.91. The summed E-state index contributed by atoms with van der Waals surface area (Å²) in [5.41, 5.74) is 0.932. The van der Waals surface area contributed by atoms with Crippen LogP contribution in [0.4, 0.5) is 0 Å². The fourth-order valence-electron chi connectivity index (χ4n) is 1.55. The van der Waals surface area contributed by atoms with E-state index in [0.717, 1.165) is 0 Å². The van der Waals surface area contributed by atoms with Gasteiger partial charge in [0.2, 0.25) is 9.84 Å². The van der Waals surface area contributed by atoms with Crippen LogP contribution in [0.15, 0.2) is 52.9 Å². The molecule has 1 aromatic carbocycles. The van der Waals surface area contributed by atoms with Crippen molar-refractivity contribution in [2.24, 2.45) is 0 Å². The molecule has 0 atom stereocenters. The van der Waals surface area contributed by atoms with E-state index in [1.165, 1.54) is 24.7 Å². The van der Waals surface area contributed by atoms with Gasteiger partial charge in [-0.25, -0.2) is 18.4 Å². The summed E-state index contributed by atoms with van der Waals surface area (Å²) in [5, 5.41) is -0.242. The average Bonchev–Trinajstić information content (AvgIpc) is 2.87. The normalized spacial score (nSPS) is 11.8. The lowest BCUT2D eigenvalue weighted by Crippen LogP contribution is -2.06. The SMILES string of the molecule is O=S(=O)(c1ccccc1)c1ncc2[nH]cnc2n1. The topological polar surface area (TPSA) is 88.6 Å². The van der Waals surface area contributed by atoms with Gasteiger partial charge in [-0.1, -0.05) is 18.2 Å². The van der Waals surface area contributed by atoms with Crippen LogP contribution in [0.1, 0.15) is 0 Å². The maximum Gasteiger partial charge on any atom is 0.254 e. The predicted octanol–water partition coefficient (Wildman–Crippen LogP) is 1.19. The Morgan fingerprint density at radius 1 is 1.06 bits per heavy atom. The molecule has 1 N–H and O–H groups in total. The molecule has 0 amide bonds. The molecule has 18 heavy (non-hydrogen) atoms. The molecular formula is C11H8N4O2S. The van der Waals surface area contributed by atoms with Crippen molar-refractivity contribution in [1.29, 1.82) is 0 Å². The Hall–Kier alpha value is -2.28. The lowest BCUT2D eigenvalue weighted by molar-refractivity contribution is 0.587. The summed E-state index contributed by atoms with van der Waals surface area (Å²) in [6, 6.07) is 8.07. The molecule has 0 radical (unpaired) electrons. The smallest absolute Gasteiger partial charge is 0.254 e. The molecule has 0 saturated carbocycles. The zero-order valence-electron chi connectivity index (χ0n) is 9.11. The predicted molar refractivity (Wildman–Crippen MR) is 63.6 cm³/mol. The van der Waals surface area contributed by atoms with E-state index < -0.39 is 9.84 Å². The van der Waals surface area contributed by atoms with Crippen molar-refractivity contribution in [2.45, 2.75) is 10.1 Å². The van der Waals surface area contributed by atoms with Crippen LogP contribution in [0.2, 0.25) is 0 Å². The second kappa shape index (κ2) is 3.88. The molecule has 0 saturated heterocycles. The monoisotopic (exact) mass is 260 g/mol. The number of rotatable bonds is 2. The van der Waals surface area contributed by atoms with Crippen LogP contribution in [0.5, 0.6) is 0 Å². The number of aromatic amines is 1. The first-order valence-electron chi connectivity index (χ1n) is 5.14. The van der Waals surface area contributed by atoms with Gasteiger partial charge >= 0.3 is 0 Å². The Bertz CT molecular complexity index is 796. The standard InChI is InChI=1S/C11H8N4O2S/c16-18(17,8-4-2-1-3-5-8)11-12-6-9-10(15-11)14-7-13-9/h1-7H,(H,12,13,14,15). The van der Waals surface area contributed by atoms with Crippen molar-refractivity contribution in [3.63, 3.8) is 0 Å². The summed E-state index contributed by atoms with van der Waals surface area (Å²) >= 11 is 0. The number of nitrogens with zero attached hydrogens (tertiary/aromatic N) is 3. The Labute approximate surface area is 103 Å². The Balaban J connectivity index is 2.19. The van der Waals surface area contributed by atoms with Crippen molar-refractivity contribution in [3.05, 3.63) is 42.9 Å². The zero-order chi connectivity index (χ0) is 12.6. The lowest BCUT2D eigenvalue weighted by Gasteiger charge is -2.01. The Kier molecular flexibility index (Phi) is 2.34. The van der Waals surface area contributed by atoms with Crippen molar-refractivity contribution >= 4 is 21.0 Å². The molecular weight excluding hydrogens is 252 g/mol. The summed E-state index contributed by atoms with van der Waals surface area (Å²) < 4.78 is 24.5. The lowest BCUT2D eigenvalue weighted by atomic mass is 10.4. The number of hydrogen-bond donors (Lipinski definition) is 1. The first kappa shape index (κ1) is 10.8. The van der Waals surface area contributed by atoms with Gasteiger partial charge in [0.15, 0.2) is 5.65 Å². The Morgan fingerprint density at radius 3 is 2.61 bits per heavy atom. The maximum atomic E-state index is 12.2. The van der Waals surface area contributed by atoms with Crippen LogP contribution in [-0.2, 0) is 9.84 Å². The van der Waals surface area contributed by atoms with Crippen molar-refractivity contribution in [3.8, 4) is 0 Å². The number of fused-ring (bicyclic) bond motifs is 1. The third kappa shape index (κ3) is 1.65. The molecule has 0 fully saturated rings. The van der Waals surface area contributed by atoms with Gasteiger partial charge in [0.25, 0.3) is 5.16 Å².